The number of hydrogen-bond donors (Lipinski definition) is 3. The molecule has 0 saturated carbocycles. The lowest BCUT2D eigenvalue weighted by Crippen LogP contribution is -2.28. The maximum atomic E-state index is 12.5. The Morgan fingerprint density at radius 1 is 1.38 bits per heavy atom. The van der Waals surface area contributed by atoms with Crippen molar-refractivity contribution >= 4 is 31.8 Å². The van der Waals surface area contributed by atoms with Crippen molar-refractivity contribution in [2.75, 3.05) is 5.43 Å². The first-order chi connectivity index (χ1) is 9.94. The highest BCUT2D eigenvalue weighted by atomic mass is 79.9. The predicted octanol–water partition coefficient (Wildman–Crippen LogP) is 1.56. The summed E-state index contributed by atoms with van der Waals surface area (Å²) in [7, 11) is -3.79. The van der Waals surface area contributed by atoms with Crippen molar-refractivity contribution in [3.8, 4) is 0 Å². The average molecular weight is 372 g/mol. The fraction of sp³-hybridized carbons (Fsp3) is 0.167. The van der Waals surface area contributed by atoms with E-state index in [-0.39, 0.29) is 10.7 Å². The van der Waals surface area contributed by atoms with E-state index < -0.39 is 16.1 Å². The number of nitrogens with one attached hydrogen (secondary N) is 2. The van der Waals surface area contributed by atoms with Gasteiger partial charge in [-0.1, -0.05) is 6.07 Å². The number of nitrogen functional groups attached to an aromatic ring is 1. The minimum Gasteiger partial charge on any atom is -0.307 e. The molecule has 4 N–H and O–H groups in total. The number of rotatable bonds is 5. The molecule has 21 heavy (non-hydrogen) atoms. The van der Waals surface area contributed by atoms with E-state index >= 15 is 0 Å². The van der Waals surface area contributed by atoms with Crippen LogP contribution in [0, 0.1) is 0 Å². The number of nitrogens with two attached hydrogens (primary N) is 1. The number of pyridine rings is 2. The van der Waals surface area contributed by atoms with Gasteiger partial charge in [-0.15, -0.1) is 0 Å². The normalized spacial score (nSPS) is 12.9. The smallest absolute Gasteiger partial charge is 0.244 e. The molecule has 0 spiro atoms. The molecule has 0 fully saturated rings. The largest absolute Gasteiger partial charge is 0.307 e. The van der Waals surface area contributed by atoms with Crippen LogP contribution in [0.3, 0.4) is 0 Å². The van der Waals surface area contributed by atoms with Crippen LogP contribution in [0.4, 0.5) is 5.82 Å². The molecule has 2 aromatic rings. The molecule has 2 rings (SSSR count). The molecule has 0 aliphatic rings. The van der Waals surface area contributed by atoms with Gasteiger partial charge in [0.05, 0.1) is 0 Å². The van der Waals surface area contributed by atoms with E-state index in [2.05, 4.69) is 36.0 Å². The van der Waals surface area contributed by atoms with Crippen molar-refractivity contribution in [1.82, 2.24) is 14.7 Å². The maximum absolute atomic E-state index is 12.5. The van der Waals surface area contributed by atoms with Crippen LogP contribution in [0.15, 0.2) is 46.2 Å². The lowest BCUT2D eigenvalue weighted by Gasteiger charge is -2.16. The van der Waals surface area contributed by atoms with Crippen LogP contribution in [-0.4, -0.2) is 18.4 Å². The fourth-order valence-electron chi connectivity index (χ4n) is 1.73. The van der Waals surface area contributed by atoms with Crippen LogP contribution in [0.1, 0.15) is 18.5 Å². The molecule has 112 valence electrons. The summed E-state index contributed by atoms with van der Waals surface area (Å²) >= 11 is 3.20. The fourth-order valence-corrected chi connectivity index (χ4v) is 3.59. The molecule has 2 heterocycles. The Morgan fingerprint density at radius 3 is 2.76 bits per heavy atom. The second-order valence-corrected chi connectivity index (χ2v) is 6.87. The molecule has 0 radical (unpaired) electrons. The predicted molar refractivity (Wildman–Crippen MR) is 82.7 cm³/mol. The molecule has 0 aromatic carbocycles. The minimum absolute atomic E-state index is 0.0323. The number of anilines is 1. The summed E-state index contributed by atoms with van der Waals surface area (Å²) in [5, 5.41) is 0. The molecule has 0 aliphatic heterocycles. The Morgan fingerprint density at radius 2 is 2.14 bits per heavy atom. The van der Waals surface area contributed by atoms with Crippen LogP contribution < -0.4 is 16.0 Å². The monoisotopic (exact) mass is 371 g/mol. The van der Waals surface area contributed by atoms with E-state index in [9.17, 15) is 8.42 Å². The highest BCUT2D eigenvalue weighted by Crippen LogP contribution is 2.24. The summed E-state index contributed by atoms with van der Waals surface area (Å²) in [5.41, 5.74) is 3.03. The van der Waals surface area contributed by atoms with E-state index in [0.29, 0.717) is 4.47 Å². The molecule has 2 aromatic heterocycles. The third-order valence-electron chi connectivity index (χ3n) is 2.76. The van der Waals surface area contributed by atoms with Gasteiger partial charge in [0.25, 0.3) is 0 Å². The third kappa shape index (κ3) is 3.76. The molecular formula is C12H14BrN5O2S. The Bertz CT molecular complexity index is 724. The number of hydrogen-bond acceptors (Lipinski definition) is 6. The molecule has 1 unspecified atom stereocenters. The van der Waals surface area contributed by atoms with Gasteiger partial charge >= 0.3 is 0 Å². The minimum atomic E-state index is -3.79. The van der Waals surface area contributed by atoms with Crippen LogP contribution in [-0.2, 0) is 10.0 Å². The first-order valence-electron chi connectivity index (χ1n) is 5.98. The zero-order chi connectivity index (χ0) is 15.5. The van der Waals surface area contributed by atoms with Crippen LogP contribution >= 0.6 is 15.9 Å². The van der Waals surface area contributed by atoms with Gasteiger partial charge in [0.2, 0.25) is 10.0 Å². The number of halogens is 1. The van der Waals surface area contributed by atoms with Crippen molar-refractivity contribution in [1.29, 1.82) is 0 Å². The highest BCUT2D eigenvalue weighted by molar-refractivity contribution is 9.10. The second kappa shape index (κ2) is 6.48. The Hall–Kier alpha value is -1.55. The van der Waals surface area contributed by atoms with E-state index in [1.54, 1.807) is 31.5 Å². The maximum Gasteiger partial charge on any atom is 0.244 e. The standard InChI is InChI=1S/C12H14BrN5O2S/c1-8(9-3-2-4-15-6-9)18-21(19,20)11-5-10(13)7-16-12(11)17-14/h2-8,18H,14H2,1H3,(H,16,17). The summed E-state index contributed by atoms with van der Waals surface area (Å²) in [6.45, 7) is 1.73. The van der Waals surface area contributed by atoms with Gasteiger partial charge < -0.3 is 5.43 Å². The number of hydrazine groups is 1. The third-order valence-corrected chi connectivity index (χ3v) is 4.75. The molecule has 7 nitrogen and oxygen atoms in total. The van der Waals surface area contributed by atoms with E-state index in [4.69, 9.17) is 5.84 Å². The first-order valence-corrected chi connectivity index (χ1v) is 8.26. The molecule has 1 atom stereocenters. The van der Waals surface area contributed by atoms with E-state index in [1.165, 1.54) is 12.3 Å². The van der Waals surface area contributed by atoms with Crippen molar-refractivity contribution in [2.24, 2.45) is 5.84 Å². The Balaban J connectivity index is 2.33. The number of aromatic nitrogens is 2. The van der Waals surface area contributed by atoms with Gasteiger partial charge in [-0.25, -0.2) is 24.0 Å². The van der Waals surface area contributed by atoms with E-state index in [1.807, 2.05) is 0 Å². The second-order valence-electron chi connectivity index (χ2n) is 4.27. The highest BCUT2D eigenvalue weighted by Gasteiger charge is 2.23. The summed E-state index contributed by atoms with van der Waals surface area (Å²) in [4.78, 5) is 7.87. The Labute approximate surface area is 131 Å². The molecule has 0 aliphatic carbocycles. The number of sulfonamides is 1. The molecule has 9 heteroatoms. The molecule has 0 amide bonds. The first kappa shape index (κ1) is 15.8. The number of nitrogens with zero attached hydrogens (tertiary/aromatic N) is 2. The summed E-state index contributed by atoms with van der Waals surface area (Å²) < 4.78 is 28.0. The summed E-state index contributed by atoms with van der Waals surface area (Å²) in [5.74, 6) is 5.38. The average Bonchev–Trinajstić information content (AvgIpc) is 2.47. The van der Waals surface area contributed by atoms with Crippen LogP contribution in [0.5, 0.6) is 0 Å². The van der Waals surface area contributed by atoms with Crippen molar-refractivity contribution in [3.05, 3.63) is 46.8 Å². The van der Waals surface area contributed by atoms with Gasteiger partial charge in [0.1, 0.15) is 4.90 Å². The molecular weight excluding hydrogens is 358 g/mol. The van der Waals surface area contributed by atoms with Gasteiger partial charge in [0.15, 0.2) is 5.82 Å². The molecule has 0 saturated heterocycles. The van der Waals surface area contributed by atoms with Crippen molar-refractivity contribution in [2.45, 2.75) is 17.9 Å². The summed E-state index contributed by atoms with van der Waals surface area (Å²) in [6.07, 6.45) is 4.69. The van der Waals surface area contributed by atoms with Crippen molar-refractivity contribution < 1.29 is 8.42 Å². The van der Waals surface area contributed by atoms with Gasteiger partial charge in [0, 0.05) is 29.1 Å². The van der Waals surface area contributed by atoms with Crippen molar-refractivity contribution in [3.63, 3.8) is 0 Å². The molecule has 0 bridgehead atoms. The lowest BCUT2D eigenvalue weighted by atomic mass is 10.2. The van der Waals surface area contributed by atoms with Crippen LogP contribution in [0.25, 0.3) is 0 Å². The topological polar surface area (TPSA) is 110 Å². The zero-order valence-electron chi connectivity index (χ0n) is 11.1. The van der Waals surface area contributed by atoms with E-state index in [0.717, 1.165) is 5.56 Å². The van der Waals surface area contributed by atoms with Gasteiger partial charge in [-0.3, -0.25) is 4.98 Å². The summed E-state index contributed by atoms with van der Waals surface area (Å²) in [6, 6.07) is 4.53. The van der Waals surface area contributed by atoms with Crippen LogP contribution in [0.2, 0.25) is 0 Å². The zero-order valence-corrected chi connectivity index (χ0v) is 13.5. The Kier molecular flexibility index (Phi) is 4.88. The SMILES string of the molecule is CC(NS(=O)(=O)c1cc(Br)cnc1NN)c1cccnc1. The van der Waals surface area contributed by atoms with Gasteiger partial charge in [-0.05, 0) is 40.5 Å². The van der Waals surface area contributed by atoms with Gasteiger partial charge in [-0.2, -0.15) is 0 Å². The lowest BCUT2D eigenvalue weighted by molar-refractivity contribution is 0.566. The quantitative estimate of drug-likeness (QED) is 0.543.